The topological polar surface area (TPSA) is 20.1 Å². The van der Waals surface area contributed by atoms with Crippen molar-refractivity contribution in [2.75, 3.05) is 0 Å². The van der Waals surface area contributed by atoms with Crippen molar-refractivity contribution in [2.45, 2.75) is 57.4 Å². The lowest BCUT2D eigenvalue weighted by molar-refractivity contribution is -0.554. The molecule has 2 nitrogen and oxygen atoms in total. The van der Waals surface area contributed by atoms with Gasteiger partial charge in [0.1, 0.15) is 5.92 Å². The van der Waals surface area contributed by atoms with Crippen molar-refractivity contribution in [3.8, 4) is 0 Å². The smallest absolute Gasteiger partial charge is 0.219 e. The van der Waals surface area contributed by atoms with Crippen molar-refractivity contribution >= 4 is 12.1 Å². The molecular formula is C15H22NO+. The van der Waals surface area contributed by atoms with E-state index in [1.165, 1.54) is 51.4 Å². The van der Waals surface area contributed by atoms with Gasteiger partial charge in [-0.25, -0.2) is 4.79 Å². The summed E-state index contributed by atoms with van der Waals surface area (Å²) in [6.45, 7) is 0. The number of rotatable bonds is 1. The van der Waals surface area contributed by atoms with Crippen LogP contribution in [-0.2, 0) is 4.79 Å². The minimum Gasteiger partial charge on any atom is -0.219 e. The summed E-state index contributed by atoms with van der Waals surface area (Å²) in [6, 6.07) is 0.628. The predicted octanol–water partition coefficient (Wildman–Crippen LogP) is 2.60. The lowest BCUT2D eigenvalue weighted by atomic mass is 9.77. The highest BCUT2D eigenvalue weighted by atomic mass is 16.2. The zero-order valence-electron chi connectivity index (χ0n) is 10.5. The number of carbonyl (C=O) groups is 1. The molecule has 92 valence electrons. The van der Waals surface area contributed by atoms with E-state index in [0.29, 0.717) is 23.8 Å². The fourth-order valence-corrected chi connectivity index (χ4v) is 4.93. The van der Waals surface area contributed by atoms with Gasteiger partial charge in [0.25, 0.3) is 0 Å². The van der Waals surface area contributed by atoms with Gasteiger partial charge in [-0.2, -0.15) is 4.58 Å². The number of β-lactam (4-membered cyclic amide) rings is 1. The Hall–Kier alpha value is -0.660. The Kier molecular flexibility index (Phi) is 2.22. The third-order valence-corrected chi connectivity index (χ3v) is 5.75. The van der Waals surface area contributed by atoms with Gasteiger partial charge in [0.05, 0.1) is 0 Å². The molecule has 1 heterocycles. The van der Waals surface area contributed by atoms with Crippen LogP contribution in [-0.4, -0.2) is 22.7 Å². The number of carbonyl (C=O) groups excluding carboxylic acids is 1. The van der Waals surface area contributed by atoms with Crippen LogP contribution in [0, 0.1) is 23.7 Å². The van der Waals surface area contributed by atoms with E-state index in [2.05, 4.69) is 10.8 Å². The van der Waals surface area contributed by atoms with Crippen LogP contribution in [0.1, 0.15) is 51.4 Å². The predicted molar refractivity (Wildman–Crippen MR) is 66.0 cm³/mol. The van der Waals surface area contributed by atoms with Crippen molar-refractivity contribution in [1.82, 2.24) is 0 Å². The first-order chi connectivity index (χ1) is 8.34. The standard InChI is InChI=1S/C15H22NO/c17-15-13-11-6-7-12(8-11)14(13)16(15)9-10-4-2-1-3-5-10/h9-14H,1-8H2/q+1. The number of nitrogens with zero attached hydrogens (tertiary/aromatic N) is 1. The minimum atomic E-state index is 0.439. The van der Waals surface area contributed by atoms with E-state index in [9.17, 15) is 4.79 Å². The van der Waals surface area contributed by atoms with E-state index in [1.54, 1.807) is 0 Å². The van der Waals surface area contributed by atoms with Crippen molar-refractivity contribution < 1.29 is 9.37 Å². The van der Waals surface area contributed by atoms with Crippen LogP contribution >= 0.6 is 0 Å². The Bertz CT molecular complexity index is 380. The molecule has 2 bridgehead atoms. The quantitative estimate of drug-likeness (QED) is 0.502. The highest BCUT2D eigenvalue weighted by Gasteiger charge is 2.67. The maximum atomic E-state index is 12.2. The van der Waals surface area contributed by atoms with Crippen molar-refractivity contribution in [3.05, 3.63) is 0 Å². The summed E-state index contributed by atoms with van der Waals surface area (Å²) in [5.74, 6) is 3.21. The first-order valence-corrected chi connectivity index (χ1v) is 7.52. The molecule has 2 heteroatoms. The molecule has 4 atom stereocenters. The Morgan fingerprint density at radius 1 is 1.00 bits per heavy atom. The Morgan fingerprint density at radius 2 is 1.76 bits per heavy atom. The molecule has 4 fully saturated rings. The maximum absolute atomic E-state index is 12.2. The Balaban J connectivity index is 1.55. The summed E-state index contributed by atoms with van der Waals surface area (Å²) in [5.41, 5.74) is 0. The summed E-state index contributed by atoms with van der Waals surface area (Å²) in [4.78, 5) is 12.2. The molecule has 4 aliphatic rings. The van der Waals surface area contributed by atoms with E-state index < -0.39 is 0 Å². The van der Waals surface area contributed by atoms with Crippen LogP contribution in [0.25, 0.3) is 0 Å². The monoisotopic (exact) mass is 232 g/mol. The lowest BCUT2D eigenvalue weighted by Crippen LogP contribution is -2.58. The third-order valence-electron chi connectivity index (χ3n) is 5.75. The van der Waals surface area contributed by atoms with Gasteiger partial charge in [-0.1, -0.05) is 19.3 Å². The molecule has 17 heavy (non-hydrogen) atoms. The molecule has 1 saturated heterocycles. The average Bonchev–Trinajstić information content (AvgIpc) is 2.95. The van der Waals surface area contributed by atoms with Gasteiger partial charge in [-0.15, -0.1) is 0 Å². The molecule has 4 unspecified atom stereocenters. The molecule has 0 aromatic rings. The lowest BCUT2D eigenvalue weighted by Gasteiger charge is -2.34. The minimum absolute atomic E-state index is 0.439. The fourth-order valence-electron chi connectivity index (χ4n) is 4.93. The molecule has 1 amide bonds. The largest absolute Gasteiger partial charge is 0.397 e. The Morgan fingerprint density at radius 3 is 2.59 bits per heavy atom. The van der Waals surface area contributed by atoms with E-state index in [-0.39, 0.29) is 0 Å². The SMILES string of the molecule is O=C1C2C3CCC(C3)C2[N+]1=CC1CCCCC1. The average molecular weight is 232 g/mol. The number of amides is 1. The summed E-state index contributed by atoms with van der Waals surface area (Å²) < 4.78 is 2.16. The second kappa shape index (κ2) is 3.66. The summed E-state index contributed by atoms with van der Waals surface area (Å²) >= 11 is 0. The van der Waals surface area contributed by atoms with Crippen molar-refractivity contribution in [1.29, 1.82) is 0 Å². The fraction of sp³-hybridized carbons (Fsp3) is 0.867. The second-order valence-electron chi connectivity index (χ2n) is 6.64. The molecule has 0 N–H and O–H groups in total. The summed E-state index contributed by atoms with van der Waals surface area (Å²) in [5, 5.41) is 0. The molecule has 0 spiro atoms. The van der Waals surface area contributed by atoms with Gasteiger partial charge in [0.2, 0.25) is 0 Å². The molecule has 0 aromatic heterocycles. The first-order valence-electron chi connectivity index (χ1n) is 7.52. The normalized spacial score (nSPS) is 47.3. The Labute approximate surface area is 103 Å². The van der Waals surface area contributed by atoms with Crippen LogP contribution < -0.4 is 0 Å². The van der Waals surface area contributed by atoms with Crippen molar-refractivity contribution in [2.24, 2.45) is 23.7 Å². The number of hydrogen-bond acceptors (Lipinski definition) is 1. The molecule has 0 aromatic carbocycles. The third kappa shape index (κ3) is 1.39. The van der Waals surface area contributed by atoms with Crippen LogP contribution in [0.15, 0.2) is 0 Å². The molecular weight excluding hydrogens is 210 g/mol. The first kappa shape index (κ1) is 10.3. The van der Waals surface area contributed by atoms with E-state index in [1.807, 2.05) is 0 Å². The van der Waals surface area contributed by atoms with Gasteiger partial charge < -0.3 is 0 Å². The maximum Gasteiger partial charge on any atom is 0.397 e. The second-order valence-corrected chi connectivity index (χ2v) is 6.64. The van der Waals surface area contributed by atoms with Crippen LogP contribution in [0.4, 0.5) is 0 Å². The van der Waals surface area contributed by atoms with Gasteiger partial charge in [0.15, 0.2) is 12.3 Å². The highest BCUT2D eigenvalue weighted by molar-refractivity contribution is 5.82. The van der Waals surface area contributed by atoms with Crippen molar-refractivity contribution in [3.63, 3.8) is 0 Å². The van der Waals surface area contributed by atoms with E-state index in [4.69, 9.17) is 0 Å². The van der Waals surface area contributed by atoms with E-state index in [0.717, 1.165) is 11.8 Å². The molecule has 0 radical (unpaired) electrons. The van der Waals surface area contributed by atoms with Gasteiger partial charge in [-0.05, 0) is 38.0 Å². The van der Waals surface area contributed by atoms with Crippen LogP contribution in [0.2, 0.25) is 0 Å². The molecule has 1 aliphatic heterocycles. The van der Waals surface area contributed by atoms with Gasteiger partial charge in [0, 0.05) is 11.8 Å². The van der Waals surface area contributed by atoms with Gasteiger partial charge in [-0.3, -0.25) is 0 Å². The zero-order valence-corrected chi connectivity index (χ0v) is 10.5. The van der Waals surface area contributed by atoms with Gasteiger partial charge >= 0.3 is 5.91 Å². The van der Waals surface area contributed by atoms with Crippen LogP contribution in [0.5, 0.6) is 0 Å². The van der Waals surface area contributed by atoms with Crippen LogP contribution in [0.3, 0.4) is 0 Å². The summed E-state index contributed by atoms with van der Waals surface area (Å²) in [7, 11) is 0. The molecule has 4 rings (SSSR count). The number of hydrogen-bond donors (Lipinski definition) is 0. The highest BCUT2D eigenvalue weighted by Crippen LogP contribution is 2.54. The molecule has 3 aliphatic carbocycles. The molecule has 3 saturated carbocycles. The number of fused-ring (bicyclic) bond motifs is 5. The zero-order chi connectivity index (χ0) is 11.4. The summed E-state index contributed by atoms with van der Waals surface area (Å²) in [6.07, 6.45) is 13.1. The van der Waals surface area contributed by atoms with E-state index >= 15 is 0 Å².